The molecule has 0 aliphatic rings. The molecule has 1 amide bonds. The van der Waals surface area contributed by atoms with Crippen LogP contribution in [0.15, 0.2) is 29.3 Å². The molecule has 1 heterocycles. The summed E-state index contributed by atoms with van der Waals surface area (Å²) >= 11 is 0. The van der Waals surface area contributed by atoms with Crippen molar-refractivity contribution in [3.8, 4) is 0 Å². The zero-order chi connectivity index (χ0) is 15.6. The van der Waals surface area contributed by atoms with Gasteiger partial charge in [0, 0.05) is 11.4 Å². The van der Waals surface area contributed by atoms with Gasteiger partial charge in [-0.05, 0) is 38.6 Å². The van der Waals surface area contributed by atoms with Gasteiger partial charge in [0.1, 0.15) is 0 Å². The van der Waals surface area contributed by atoms with E-state index in [2.05, 4.69) is 20.2 Å². The number of rotatable bonds is 4. The molecule has 1 aromatic carbocycles. The van der Waals surface area contributed by atoms with E-state index in [1.807, 2.05) is 0 Å². The number of hydrogen-bond donors (Lipinski definition) is 3. The first-order valence-electron chi connectivity index (χ1n) is 6.20. The summed E-state index contributed by atoms with van der Waals surface area (Å²) in [6, 6.07) is 4.72. The third-order valence-electron chi connectivity index (χ3n) is 3.08. The average molecular weight is 308 g/mol. The first-order chi connectivity index (χ1) is 9.85. The maximum absolute atomic E-state index is 12.1. The van der Waals surface area contributed by atoms with E-state index in [4.69, 9.17) is 0 Å². The Hall–Kier alpha value is -2.19. The van der Waals surface area contributed by atoms with Crippen LogP contribution in [0.4, 0.5) is 5.69 Å². The highest BCUT2D eigenvalue weighted by Gasteiger charge is 2.17. The molecule has 21 heavy (non-hydrogen) atoms. The van der Waals surface area contributed by atoms with Crippen LogP contribution < -0.4 is 10.0 Å². The number of sulfonamides is 1. The Labute approximate surface area is 122 Å². The molecule has 0 unspecified atom stereocenters. The molecule has 0 saturated carbocycles. The molecule has 0 aliphatic carbocycles. The van der Waals surface area contributed by atoms with Crippen LogP contribution in [0.5, 0.6) is 0 Å². The monoisotopic (exact) mass is 308 g/mol. The Bertz CT molecular complexity index is 780. The molecule has 2 rings (SSSR count). The highest BCUT2D eigenvalue weighted by molar-refractivity contribution is 7.89. The van der Waals surface area contributed by atoms with Gasteiger partial charge in [-0.25, -0.2) is 13.1 Å². The molecule has 1 aromatic heterocycles. The van der Waals surface area contributed by atoms with Crippen LogP contribution in [-0.2, 0) is 10.0 Å². The molecular formula is C13H16N4O3S. The Morgan fingerprint density at radius 2 is 2.00 bits per heavy atom. The number of nitrogens with zero attached hydrogens (tertiary/aromatic N) is 1. The number of H-pyrrole nitrogens is 1. The van der Waals surface area contributed by atoms with Crippen molar-refractivity contribution in [1.29, 1.82) is 0 Å². The maximum Gasteiger partial charge on any atom is 0.259 e. The second kappa shape index (κ2) is 5.66. The highest BCUT2D eigenvalue weighted by atomic mass is 32.2. The summed E-state index contributed by atoms with van der Waals surface area (Å²) in [4.78, 5) is 12.2. The molecule has 0 spiro atoms. The van der Waals surface area contributed by atoms with Gasteiger partial charge < -0.3 is 5.32 Å². The number of aryl methyl sites for hydroxylation is 2. The van der Waals surface area contributed by atoms with Gasteiger partial charge in [-0.1, -0.05) is 6.07 Å². The minimum absolute atomic E-state index is 0.131. The molecule has 0 aliphatic heterocycles. The predicted octanol–water partition coefficient (Wildman–Crippen LogP) is 1.19. The SMILES string of the molecule is CNS(=O)(=O)c1cc(NC(=O)c2cn[nH]c2C)ccc1C. The van der Waals surface area contributed by atoms with E-state index < -0.39 is 10.0 Å². The molecule has 0 fully saturated rings. The van der Waals surface area contributed by atoms with Crippen LogP contribution in [0, 0.1) is 13.8 Å². The van der Waals surface area contributed by atoms with Gasteiger partial charge >= 0.3 is 0 Å². The topological polar surface area (TPSA) is 104 Å². The zero-order valence-electron chi connectivity index (χ0n) is 11.9. The Kier molecular flexibility index (Phi) is 4.10. The van der Waals surface area contributed by atoms with Crippen molar-refractivity contribution >= 4 is 21.6 Å². The largest absolute Gasteiger partial charge is 0.322 e. The molecule has 3 N–H and O–H groups in total. The van der Waals surface area contributed by atoms with Crippen LogP contribution in [0.1, 0.15) is 21.6 Å². The number of anilines is 1. The smallest absolute Gasteiger partial charge is 0.259 e. The lowest BCUT2D eigenvalue weighted by atomic mass is 10.2. The lowest BCUT2D eigenvalue weighted by molar-refractivity contribution is 0.102. The van der Waals surface area contributed by atoms with E-state index in [1.54, 1.807) is 26.0 Å². The van der Waals surface area contributed by atoms with Gasteiger partial charge in [0.25, 0.3) is 5.91 Å². The third-order valence-corrected chi connectivity index (χ3v) is 4.64. The lowest BCUT2D eigenvalue weighted by Gasteiger charge is -2.10. The quantitative estimate of drug-likeness (QED) is 0.789. The first kappa shape index (κ1) is 15.2. The Morgan fingerprint density at radius 3 is 2.57 bits per heavy atom. The van der Waals surface area contributed by atoms with Crippen molar-refractivity contribution in [3.63, 3.8) is 0 Å². The number of carbonyl (C=O) groups is 1. The molecule has 8 heteroatoms. The lowest BCUT2D eigenvalue weighted by Crippen LogP contribution is -2.20. The summed E-state index contributed by atoms with van der Waals surface area (Å²) < 4.78 is 26.1. The van der Waals surface area contributed by atoms with Gasteiger partial charge in [0.2, 0.25) is 10.0 Å². The van der Waals surface area contributed by atoms with Crippen molar-refractivity contribution in [2.45, 2.75) is 18.7 Å². The average Bonchev–Trinajstić information content (AvgIpc) is 2.87. The van der Waals surface area contributed by atoms with E-state index in [9.17, 15) is 13.2 Å². The van der Waals surface area contributed by atoms with Gasteiger partial charge in [-0.2, -0.15) is 5.10 Å². The van der Waals surface area contributed by atoms with Crippen LogP contribution in [0.2, 0.25) is 0 Å². The van der Waals surface area contributed by atoms with Crippen molar-refractivity contribution in [2.75, 3.05) is 12.4 Å². The van der Waals surface area contributed by atoms with Crippen molar-refractivity contribution in [3.05, 3.63) is 41.2 Å². The van der Waals surface area contributed by atoms with Gasteiger partial charge in [-0.15, -0.1) is 0 Å². The number of amides is 1. The summed E-state index contributed by atoms with van der Waals surface area (Å²) in [5, 5.41) is 9.11. The zero-order valence-corrected chi connectivity index (χ0v) is 12.7. The number of nitrogens with one attached hydrogen (secondary N) is 3. The van der Waals surface area contributed by atoms with Gasteiger partial charge in [-0.3, -0.25) is 9.89 Å². The Balaban J connectivity index is 2.33. The predicted molar refractivity (Wildman–Crippen MR) is 78.7 cm³/mol. The minimum atomic E-state index is -3.57. The van der Waals surface area contributed by atoms with Crippen LogP contribution in [0.3, 0.4) is 0 Å². The molecule has 2 aromatic rings. The summed E-state index contributed by atoms with van der Waals surface area (Å²) in [5.41, 5.74) is 2.05. The fourth-order valence-electron chi connectivity index (χ4n) is 1.86. The Morgan fingerprint density at radius 1 is 1.29 bits per heavy atom. The van der Waals surface area contributed by atoms with Crippen molar-refractivity contribution < 1.29 is 13.2 Å². The highest BCUT2D eigenvalue weighted by Crippen LogP contribution is 2.20. The number of aromatic nitrogens is 2. The molecule has 0 atom stereocenters. The fraction of sp³-hybridized carbons (Fsp3) is 0.231. The molecule has 0 saturated heterocycles. The normalized spacial score (nSPS) is 11.4. The van der Waals surface area contributed by atoms with Crippen LogP contribution >= 0.6 is 0 Å². The van der Waals surface area contributed by atoms with E-state index in [-0.39, 0.29) is 10.8 Å². The number of benzene rings is 1. The number of carbonyl (C=O) groups excluding carboxylic acids is 1. The van der Waals surface area contributed by atoms with Crippen LogP contribution in [0.25, 0.3) is 0 Å². The van der Waals surface area contributed by atoms with E-state index >= 15 is 0 Å². The molecule has 112 valence electrons. The second-order valence-electron chi connectivity index (χ2n) is 4.55. The van der Waals surface area contributed by atoms with E-state index in [1.165, 1.54) is 19.3 Å². The number of aromatic amines is 1. The molecule has 0 bridgehead atoms. The number of hydrogen-bond acceptors (Lipinski definition) is 4. The maximum atomic E-state index is 12.1. The summed E-state index contributed by atoms with van der Waals surface area (Å²) in [5.74, 6) is -0.349. The third kappa shape index (κ3) is 3.11. The minimum Gasteiger partial charge on any atom is -0.322 e. The molecule has 7 nitrogen and oxygen atoms in total. The van der Waals surface area contributed by atoms with Gasteiger partial charge in [0.15, 0.2) is 0 Å². The van der Waals surface area contributed by atoms with Crippen molar-refractivity contribution in [1.82, 2.24) is 14.9 Å². The fourth-order valence-corrected chi connectivity index (χ4v) is 2.85. The van der Waals surface area contributed by atoms with E-state index in [0.29, 0.717) is 22.5 Å². The van der Waals surface area contributed by atoms with Crippen molar-refractivity contribution in [2.24, 2.45) is 0 Å². The van der Waals surface area contributed by atoms with E-state index in [0.717, 1.165) is 0 Å². The molecular weight excluding hydrogens is 292 g/mol. The summed E-state index contributed by atoms with van der Waals surface area (Å²) in [6.45, 7) is 3.42. The standard InChI is InChI=1S/C13H16N4O3S/c1-8-4-5-10(6-12(8)21(19,20)14-3)16-13(18)11-7-15-17-9(11)2/h4-7,14H,1-3H3,(H,15,17)(H,16,18). The second-order valence-corrected chi connectivity index (χ2v) is 6.41. The summed E-state index contributed by atoms with van der Waals surface area (Å²) in [7, 11) is -2.23. The van der Waals surface area contributed by atoms with Gasteiger partial charge in [0.05, 0.1) is 16.7 Å². The first-order valence-corrected chi connectivity index (χ1v) is 7.69. The molecule has 0 radical (unpaired) electrons. The summed E-state index contributed by atoms with van der Waals surface area (Å²) in [6.07, 6.45) is 1.42. The van der Waals surface area contributed by atoms with Crippen LogP contribution in [-0.4, -0.2) is 31.6 Å².